The van der Waals surface area contributed by atoms with E-state index in [1.165, 1.54) is 0 Å². The van der Waals surface area contributed by atoms with Crippen LogP contribution in [-0.2, 0) is 24.7 Å². The summed E-state index contributed by atoms with van der Waals surface area (Å²) in [6.45, 7) is 11.0. The van der Waals surface area contributed by atoms with Crippen LogP contribution in [-0.4, -0.2) is 57.9 Å². The van der Waals surface area contributed by atoms with Crippen molar-refractivity contribution in [3.8, 4) is 11.5 Å². The number of hydrogen-bond acceptors (Lipinski definition) is 6. The maximum absolute atomic E-state index is 14.5. The molecule has 0 spiro atoms. The maximum atomic E-state index is 14.5. The molecule has 8 nitrogen and oxygen atoms in total. The van der Waals surface area contributed by atoms with Gasteiger partial charge >= 0.3 is 5.97 Å². The van der Waals surface area contributed by atoms with Gasteiger partial charge in [0, 0.05) is 28.6 Å². The predicted molar refractivity (Wildman–Crippen MR) is 194 cm³/mol. The molecule has 2 amide bonds. The lowest BCUT2D eigenvalue weighted by molar-refractivity contribution is -0.169. The van der Waals surface area contributed by atoms with E-state index in [4.69, 9.17) is 37.4 Å². The van der Waals surface area contributed by atoms with Gasteiger partial charge in [0.2, 0.25) is 0 Å². The summed E-state index contributed by atoms with van der Waals surface area (Å²) in [5.74, 6) is -1.12. The highest BCUT2D eigenvalue weighted by Crippen LogP contribution is 2.42. The number of hydrogen-bond donors (Lipinski definition) is 1. The topological polar surface area (TPSA) is 94.2 Å². The molecule has 5 rings (SSSR count). The summed E-state index contributed by atoms with van der Waals surface area (Å²) >= 11 is 13.0. The molecule has 1 saturated heterocycles. The molecule has 0 aromatic heterocycles. The molecule has 0 aliphatic carbocycles. The molecule has 0 radical (unpaired) electrons. The van der Waals surface area contributed by atoms with E-state index in [1.54, 1.807) is 38.1 Å². The van der Waals surface area contributed by atoms with Gasteiger partial charge in [-0.15, -0.1) is 11.6 Å². The van der Waals surface area contributed by atoms with E-state index in [9.17, 15) is 14.4 Å². The molecule has 0 saturated carbocycles. The first-order valence-electron chi connectivity index (χ1n) is 16.2. The van der Waals surface area contributed by atoms with Gasteiger partial charge < -0.3 is 24.4 Å². The van der Waals surface area contributed by atoms with Gasteiger partial charge in [-0.1, -0.05) is 115 Å². The lowest BCUT2D eigenvalue weighted by Crippen LogP contribution is -2.73. The fourth-order valence-electron chi connectivity index (χ4n) is 5.87. The van der Waals surface area contributed by atoms with E-state index in [0.717, 1.165) is 4.90 Å². The number of amides is 2. The fourth-order valence-corrected chi connectivity index (χ4v) is 6.40. The highest BCUT2D eigenvalue weighted by Gasteiger charge is 2.55. The number of nitrogens with zero attached hydrogens (tertiary/aromatic N) is 1. The number of ether oxygens (including phenoxy) is 3. The molecular weight excluding hydrogens is 675 g/mol. The number of likely N-dealkylation sites (tertiary alicyclic amines) is 1. The molecule has 1 aliphatic rings. The molecule has 1 heterocycles. The highest BCUT2D eigenvalue weighted by molar-refractivity contribution is 6.27. The maximum Gasteiger partial charge on any atom is 0.334 e. The van der Waals surface area contributed by atoms with Crippen LogP contribution in [0.1, 0.15) is 44.4 Å². The van der Waals surface area contributed by atoms with Crippen LogP contribution in [0.2, 0.25) is 0 Å². The van der Waals surface area contributed by atoms with Gasteiger partial charge in [0.15, 0.2) is 17.2 Å². The van der Waals surface area contributed by atoms with Gasteiger partial charge in [-0.2, -0.15) is 0 Å². The predicted octanol–water partition coefficient (Wildman–Crippen LogP) is 7.22. The number of carbonyl (C=O) groups excluding carboxylic acids is 3. The van der Waals surface area contributed by atoms with Gasteiger partial charge in [-0.05, 0) is 45.4 Å². The van der Waals surface area contributed by atoms with Gasteiger partial charge in [-0.25, -0.2) is 4.79 Å². The normalized spacial score (nSPS) is 16.6. The summed E-state index contributed by atoms with van der Waals surface area (Å²) in [5, 5.41) is 2.70. The molecule has 1 fully saturated rings. The van der Waals surface area contributed by atoms with Crippen LogP contribution in [0.3, 0.4) is 0 Å². The van der Waals surface area contributed by atoms with Gasteiger partial charge in [-0.3, -0.25) is 9.59 Å². The minimum absolute atomic E-state index is 0.0442. The fraction of sp³-hybridized carbons (Fsp3) is 0.275. The molecule has 260 valence electrons. The van der Waals surface area contributed by atoms with Crippen LogP contribution in [0.15, 0.2) is 127 Å². The number of benzene rings is 4. The first kappa shape index (κ1) is 36.5. The Kier molecular flexibility index (Phi) is 11.2. The van der Waals surface area contributed by atoms with Crippen LogP contribution in [0.5, 0.6) is 11.5 Å². The standard InChI is InChI=1S/C40H40Cl2N2O6/c1-26(2)48-31-22-15-23-32(24-31)49-39(4,5)38(47)43-33-35(42)44(36(33)45)34(27(3)25-41)37(46)50-40(28-16-9-6-10-17-28,29-18-11-7-12-19-29)30-20-13-8-14-21-30/h6-24,26,33-35H,3,25H2,1-2,4-5H3,(H,43,47). The summed E-state index contributed by atoms with van der Waals surface area (Å²) in [4.78, 5) is 42.8. The van der Waals surface area contributed by atoms with Crippen LogP contribution < -0.4 is 14.8 Å². The number of esters is 1. The molecule has 4 aromatic carbocycles. The number of carbonyl (C=O) groups is 3. The van der Waals surface area contributed by atoms with E-state index in [1.807, 2.05) is 105 Å². The van der Waals surface area contributed by atoms with Crippen molar-refractivity contribution in [1.82, 2.24) is 10.2 Å². The Morgan fingerprint density at radius 3 is 1.80 bits per heavy atom. The van der Waals surface area contributed by atoms with Gasteiger partial charge in [0.1, 0.15) is 23.0 Å². The van der Waals surface area contributed by atoms with Crippen molar-refractivity contribution in [3.05, 3.63) is 144 Å². The lowest BCUT2D eigenvalue weighted by atomic mass is 9.80. The summed E-state index contributed by atoms with van der Waals surface area (Å²) in [6, 6.07) is 32.5. The lowest BCUT2D eigenvalue weighted by Gasteiger charge is -2.48. The number of alkyl halides is 2. The van der Waals surface area contributed by atoms with Crippen LogP contribution >= 0.6 is 23.2 Å². The average Bonchev–Trinajstić information content (AvgIpc) is 3.12. The third kappa shape index (κ3) is 7.52. The van der Waals surface area contributed by atoms with Crippen LogP contribution in [0, 0.1) is 0 Å². The molecule has 1 aliphatic heterocycles. The molecule has 3 atom stereocenters. The molecular formula is C40H40Cl2N2O6. The molecule has 50 heavy (non-hydrogen) atoms. The second-order valence-corrected chi connectivity index (χ2v) is 13.4. The Bertz CT molecular complexity index is 1720. The zero-order valence-corrected chi connectivity index (χ0v) is 29.9. The minimum Gasteiger partial charge on any atom is -0.491 e. The molecule has 10 heteroatoms. The summed E-state index contributed by atoms with van der Waals surface area (Å²) < 4.78 is 18.3. The SMILES string of the molecule is C=C(CCl)C(C(=O)OC(c1ccccc1)(c1ccccc1)c1ccccc1)N1C(=O)C(NC(=O)C(C)(C)Oc2cccc(OC(C)C)c2)C1Cl. The van der Waals surface area contributed by atoms with Crippen molar-refractivity contribution in [2.24, 2.45) is 0 Å². The van der Waals surface area contributed by atoms with Crippen molar-refractivity contribution >= 4 is 41.0 Å². The Hall–Kier alpha value is -4.79. The smallest absolute Gasteiger partial charge is 0.334 e. The van der Waals surface area contributed by atoms with Crippen molar-refractivity contribution in [2.75, 3.05) is 5.88 Å². The largest absolute Gasteiger partial charge is 0.491 e. The summed E-state index contributed by atoms with van der Waals surface area (Å²) in [6.07, 6.45) is -0.0442. The van der Waals surface area contributed by atoms with E-state index >= 15 is 0 Å². The van der Waals surface area contributed by atoms with E-state index in [0.29, 0.717) is 28.2 Å². The first-order valence-corrected chi connectivity index (χ1v) is 17.2. The number of rotatable bonds is 14. The van der Waals surface area contributed by atoms with E-state index in [2.05, 4.69) is 11.9 Å². The Morgan fingerprint density at radius 1 is 0.840 bits per heavy atom. The van der Waals surface area contributed by atoms with E-state index < -0.39 is 46.6 Å². The quantitative estimate of drug-likeness (QED) is 0.0370. The van der Waals surface area contributed by atoms with Crippen LogP contribution in [0.4, 0.5) is 0 Å². The van der Waals surface area contributed by atoms with Crippen molar-refractivity contribution < 1.29 is 28.6 Å². The average molecular weight is 716 g/mol. The first-order chi connectivity index (χ1) is 23.9. The molecule has 1 N–H and O–H groups in total. The second kappa shape index (κ2) is 15.4. The third-order valence-electron chi connectivity index (χ3n) is 8.30. The molecule has 3 unspecified atom stereocenters. The van der Waals surface area contributed by atoms with Gasteiger partial charge in [0.05, 0.1) is 6.10 Å². The number of β-lactam (4-membered cyclic amide) rings is 1. The highest BCUT2D eigenvalue weighted by atomic mass is 35.5. The minimum atomic E-state index is -1.41. The monoisotopic (exact) mass is 714 g/mol. The van der Waals surface area contributed by atoms with Crippen molar-refractivity contribution in [3.63, 3.8) is 0 Å². The Labute approximate surface area is 302 Å². The van der Waals surface area contributed by atoms with Crippen molar-refractivity contribution in [1.29, 1.82) is 0 Å². The Morgan fingerprint density at radius 2 is 1.34 bits per heavy atom. The molecule has 4 aromatic rings. The van der Waals surface area contributed by atoms with Crippen molar-refractivity contribution in [2.45, 2.75) is 62.6 Å². The summed E-state index contributed by atoms with van der Waals surface area (Å²) in [5.41, 5.74) is -1.66. The number of halogens is 2. The second-order valence-electron chi connectivity index (χ2n) is 12.7. The third-order valence-corrected chi connectivity index (χ3v) is 9.10. The van der Waals surface area contributed by atoms with Crippen LogP contribution in [0.25, 0.3) is 0 Å². The Balaban J connectivity index is 1.41. The van der Waals surface area contributed by atoms with Gasteiger partial charge in [0.25, 0.3) is 11.8 Å². The number of nitrogens with one attached hydrogen (secondary N) is 1. The zero-order chi connectivity index (χ0) is 36.1. The molecule has 0 bridgehead atoms. The summed E-state index contributed by atoms with van der Waals surface area (Å²) in [7, 11) is 0. The zero-order valence-electron chi connectivity index (χ0n) is 28.3. The van der Waals surface area contributed by atoms with E-state index in [-0.39, 0.29) is 17.6 Å².